The largest absolute Gasteiger partial charge is 0.497 e. The lowest BCUT2D eigenvalue weighted by molar-refractivity contribution is -0.137. The summed E-state index contributed by atoms with van der Waals surface area (Å²) in [6.07, 6.45) is -4.44. The topological polar surface area (TPSA) is 54.4 Å². The smallest absolute Gasteiger partial charge is 0.416 e. The standard InChI is InChI=1S/C28H26F3N3O3/c1-17-4-10-23-25(14-17)37-24-11-9-21(36-3)15-22(24)26(32-23)33-12-13-34(18(2)16-33)27(35)19-5-7-20(8-6-19)28(29,30)31/h4-11,14-15,18H,12-13,16H2,1-3H3/t18-/m0/s1. The number of carbonyl (C=O) groups excluding carboxylic acids is 1. The molecule has 1 saturated heterocycles. The Morgan fingerprint density at radius 1 is 1.03 bits per heavy atom. The summed E-state index contributed by atoms with van der Waals surface area (Å²) >= 11 is 0. The Kier molecular flexibility index (Phi) is 6.31. The van der Waals surface area contributed by atoms with Gasteiger partial charge in [0.25, 0.3) is 5.91 Å². The molecule has 0 N–H and O–H groups in total. The van der Waals surface area contributed by atoms with Crippen LogP contribution in [0.4, 0.5) is 18.9 Å². The third kappa shape index (κ3) is 4.85. The number of alkyl halides is 3. The highest BCUT2D eigenvalue weighted by atomic mass is 19.4. The van der Waals surface area contributed by atoms with Crippen LogP contribution in [-0.2, 0) is 6.18 Å². The fourth-order valence-electron chi connectivity index (χ4n) is 4.65. The number of rotatable bonds is 2. The summed E-state index contributed by atoms with van der Waals surface area (Å²) in [6, 6.07) is 15.6. The molecule has 0 saturated carbocycles. The van der Waals surface area contributed by atoms with Gasteiger partial charge < -0.3 is 19.3 Å². The minimum absolute atomic E-state index is 0.207. The van der Waals surface area contributed by atoms with E-state index in [1.54, 1.807) is 12.0 Å². The van der Waals surface area contributed by atoms with Crippen LogP contribution in [0.25, 0.3) is 0 Å². The van der Waals surface area contributed by atoms with Gasteiger partial charge in [-0.15, -0.1) is 0 Å². The number of carbonyl (C=O) groups is 1. The van der Waals surface area contributed by atoms with Crippen molar-refractivity contribution < 1.29 is 27.4 Å². The van der Waals surface area contributed by atoms with Gasteiger partial charge in [0.15, 0.2) is 5.75 Å². The van der Waals surface area contributed by atoms with E-state index >= 15 is 0 Å². The molecule has 9 heteroatoms. The molecule has 2 heterocycles. The number of hydrogen-bond acceptors (Lipinski definition) is 5. The van der Waals surface area contributed by atoms with Crippen LogP contribution in [0.2, 0.25) is 0 Å². The van der Waals surface area contributed by atoms with Gasteiger partial charge in [0.05, 0.1) is 18.2 Å². The van der Waals surface area contributed by atoms with E-state index in [4.69, 9.17) is 14.5 Å². The molecule has 3 aromatic rings. The van der Waals surface area contributed by atoms with Crippen LogP contribution < -0.4 is 9.47 Å². The summed E-state index contributed by atoms with van der Waals surface area (Å²) in [5.41, 5.74) is 1.99. The lowest BCUT2D eigenvalue weighted by Gasteiger charge is -2.41. The summed E-state index contributed by atoms with van der Waals surface area (Å²) in [7, 11) is 1.60. The zero-order chi connectivity index (χ0) is 26.3. The minimum atomic E-state index is -4.44. The molecule has 2 aliphatic heterocycles. The van der Waals surface area contributed by atoms with Gasteiger partial charge in [-0.2, -0.15) is 13.2 Å². The molecule has 192 valence electrons. The van der Waals surface area contributed by atoms with Gasteiger partial charge >= 0.3 is 6.18 Å². The minimum Gasteiger partial charge on any atom is -0.497 e. The van der Waals surface area contributed by atoms with Crippen molar-refractivity contribution in [3.8, 4) is 17.2 Å². The molecule has 0 aliphatic carbocycles. The first-order valence-electron chi connectivity index (χ1n) is 11.9. The molecule has 1 amide bonds. The van der Waals surface area contributed by atoms with Gasteiger partial charge in [0.2, 0.25) is 0 Å². The van der Waals surface area contributed by atoms with E-state index in [-0.39, 0.29) is 17.5 Å². The number of nitrogens with zero attached hydrogens (tertiary/aromatic N) is 3. The normalized spacial score (nSPS) is 17.2. The molecule has 0 radical (unpaired) electrons. The number of piperazine rings is 1. The first kappa shape index (κ1) is 24.7. The molecule has 0 unspecified atom stereocenters. The first-order valence-corrected chi connectivity index (χ1v) is 11.9. The number of fused-ring (bicyclic) bond motifs is 2. The summed E-state index contributed by atoms with van der Waals surface area (Å²) in [5.74, 6) is 2.40. The quantitative estimate of drug-likeness (QED) is 0.422. The molecule has 37 heavy (non-hydrogen) atoms. The summed E-state index contributed by atoms with van der Waals surface area (Å²) < 4.78 is 50.5. The van der Waals surface area contributed by atoms with Gasteiger partial charge in [-0.1, -0.05) is 6.07 Å². The van der Waals surface area contributed by atoms with Crippen molar-refractivity contribution in [2.24, 2.45) is 4.99 Å². The zero-order valence-corrected chi connectivity index (χ0v) is 20.7. The molecule has 3 aromatic carbocycles. The summed E-state index contributed by atoms with van der Waals surface area (Å²) in [4.78, 5) is 21.9. The number of benzene rings is 3. The average molecular weight is 510 g/mol. The molecule has 5 rings (SSSR count). The van der Waals surface area contributed by atoms with Crippen LogP contribution in [0.1, 0.15) is 34.0 Å². The number of halogens is 3. The predicted octanol–water partition coefficient (Wildman–Crippen LogP) is 6.05. The maximum absolute atomic E-state index is 13.1. The monoisotopic (exact) mass is 509 g/mol. The third-order valence-corrected chi connectivity index (χ3v) is 6.64. The van der Waals surface area contributed by atoms with Crippen molar-refractivity contribution in [3.63, 3.8) is 0 Å². The zero-order valence-electron chi connectivity index (χ0n) is 20.7. The van der Waals surface area contributed by atoms with Gasteiger partial charge in [-0.05, 0) is 74.0 Å². The van der Waals surface area contributed by atoms with E-state index in [1.807, 2.05) is 50.2 Å². The number of ether oxygens (including phenoxy) is 2. The van der Waals surface area contributed by atoms with Gasteiger partial charge in [-0.25, -0.2) is 4.99 Å². The van der Waals surface area contributed by atoms with Crippen molar-refractivity contribution >= 4 is 17.4 Å². The van der Waals surface area contributed by atoms with E-state index < -0.39 is 11.7 Å². The van der Waals surface area contributed by atoms with Crippen molar-refractivity contribution in [1.29, 1.82) is 0 Å². The number of aliphatic imine (C=N–C) groups is 1. The van der Waals surface area contributed by atoms with Crippen molar-refractivity contribution in [2.45, 2.75) is 26.1 Å². The van der Waals surface area contributed by atoms with E-state index in [0.29, 0.717) is 48.4 Å². The van der Waals surface area contributed by atoms with Crippen LogP contribution in [0.5, 0.6) is 17.2 Å². The highest BCUT2D eigenvalue weighted by Crippen LogP contribution is 2.40. The van der Waals surface area contributed by atoms with Gasteiger partial charge in [0.1, 0.15) is 23.0 Å². The highest BCUT2D eigenvalue weighted by molar-refractivity contribution is 6.04. The fraction of sp³-hybridized carbons (Fsp3) is 0.286. The molecule has 1 fully saturated rings. The molecule has 0 bridgehead atoms. The van der Waals surface area contributed by atoms with Crippen LogP contribution in [0, 0.1) is 6.92 Å². The Morgan fingerprint density at radius 3 is 2.46 bits per heavy atom. The third-order valence-electron chi connectivity index (χ3n) is 6.64. The lowest BCUT2D eigenvalue weighted by Crippen LogP contribution is -2.55. The average Bonchev–Trinajstić information content (AvgIpc) is 3.03. The van der Waals surface area contributed by atoms with Crippen LogP contribution in [-0.4, -0.2) is 54.3 Å². The lowest BCUT2D eigenvalue weighted by atomic mass is 10.1. The Hall–Kier alpha value is -4.01. The second-order valence-corrected chi connectivity index (χ2v) is 9.24. The second kappa shape index (κ2) is 9.46. The van der Waals surface area contributed by atoms with Crippen LogP contribution in [0.15, 0.2) is 65.7 Å². The predicted molar refractivity (Wildman–Crippen MR) is 134 cm³/mol. The number of methoxy groups -OCH3 is 1. The molecule has 6 nitrogen and oxygen atoms in total. The number of aryl methyl sites for hydroxylation is 1. The highest BCUT2D eigenvalue weighted by Gasteiger charge is 2.33. The molecule has 0 spiro atoms. The first-order chi connectivity index (χ1) is 17.6. The number of amides is 1. The van der Waals surface area contributed by atoms with Crippen molar-refractivity contribution in [1.82, 2.24) is 9.80 Å². The van der Waals surface area contributed by atoms with Crippen molar-refractivity contribution in [3.05, 3.63) is 82.9 Å². The maximum Gasteiger partial charge on any atom is 0.416 e. The summed E-state index contributed by atoms with van der Waals surface area (Å²) in [6.45, 7) is 5.28. The van der Waals surface area contributed by atoms with E-state index in [2.05, 4.69) is 4.90 Å². The fourth-order valence-corrected chi connectivity index (χ4v) is 4.65. The van der Waals surface area contributed by atoms with Gasteiger partial charge in [0, 0.05) is 31.2 Å². The summed E-state index contributed by atoms with van der Waals surface area (Å²) in [5, 5.41) is 0. The molecular weight excluding hydrogens is 483 g/mol. The van der Waals surface area contributed by atoms with E-state index in [9.17, 15) is 18.0 Å². The Labute approximate surface area is 212 Å². The molecule has 2 aliphatic rings. The Balaban J connectivity index is 1.42. The van der Waals surface area contributed by atoms with Crippen LogP contribution in [0.3, 0.4) is 0 Å². The van der Waals surface area contributed by atoms with E-state index in [0.717, 1.165) is 23.3 Å². The Morgan fingerprint density at radius 2 is 1.78 bits per heavy atom. The SMILES string of the molecule is COc1ccc2c(c1)C(N1CCN(C(=O)c3ccc(C(F)(F)F)cc3)[C@@H](C)C1)=Nc1ccc(C)cc1O2. The van der Waals surface area contributed by atoms with Crippen LogP contribution >= 0.6 is 0 Å². The number of amidine groups is 1. The second-order valence-electron chi connectivity index (χ2n) is 9.24. The van der Waals surface area contributed by atoms with Crippen molar-refractivity contribution in [2.75, 3.05) is 26.7 Å². The molecular formula is C28H26F3N3O3. The maximum atomic E-state index is 13.1. The van der Waals surface area contributed by atoms with E-state index in [1.165, 1.54) is 12.1 Å². The van der Waals surface area contributed by atoms with Gasteiger partial charge in [-0.3, -0.25) is 4.79 Å². The number of hydrogen-bond donors (Lipinski definition) is 0. The molecule has 1 atom stereocenters. The Bertz CT molecular complexity index is 1370. The molecule has 0 aromatic heterocycles.